The van der Waals surface area contributed by atoms with Crippen LogP contribution in [0.3, 0.4) is 0 Å². The first-order valence-corrected chi connectivity index (χ1v) is 7.38. The van der Waals surface area contributed by atoms with E-state index in [2.05, 4.69) is 36.5 Å². The average molecular weight is 353 g/mol. The Morgan fingerprint density at radius 2 is 1.76 bits per heavy atom. The average Bonchev–Trinajstić information content (AvgIpc) is 2.40. The Morgan fingerprint density at radius 1 is 1.10 bits per heavy atom. The second-order valence-corrected chi connectivity index (χ2v) is 6.63. The zero-order valence-electron chi connectivity index (χ0n) is 12.5. The van der Waals surface area contributed by atoms with Gasteiger partial charge in [0.15, 0.2) is 0 Å². The Balaban J connectivity index is 2.39. The van der Waals surface area contributed by atoms with Gasteiger partial charge in [0.1, 0.15) is 23.3 Å². The molecule has 0 radical (unpaired) electrons. The molecule has 0 aliphatic carbocycles. The predicted octanol–water partition coefficient (Wildman–Crippen LogP) is 4.46. The van der Waals surface area contributed by atoms with Crippen molar-refractivity contribution in [1.82, 2.24) is 9.97 Å². The first kappa shape index (κ1) is 15.7. The standard InChI is InChI=1S/C15H18BrFN4/c1-15(2,3)14-20-12(18-4)8-13(21-14)19-11-6-5-9(16)7-10(11)17/h5-8H,1-4H3,(H2,18,19,20,21). The van der Waals surface area contributed by atoms with Gasteiger partial charge in [-0.2, -0.15) is 0 Å². The molecule has 0 fully saturated rings. The highest BCUT2D eigenvalue weighted by atomic mass is 79.9. The van der Waals surface area contributed by atoms with Crippen molar-refractivity contribution >= 4 is 33.3 Å². The fraction of sp³-hybridized carbons (Fsp3) is 0.333. The van der Waals surface area contributed by atoms with Gasteiger partial charge in [0.2, 0.25) is 0 Å². The Bertz CT molecular complexity index is 653. The van der Waals surface area contributed by atoms with E-state index in [1.54, 1.807) is 25.2 Å². The Labute approximate surface area is 132 Å². The molecule has 4 nitrogen and oxygen atoms in total. The number of halogens is 2. The number of rotatable bonds is 3. The number of aromatic nitrogens is 2. The first-order valence-electron chi connectivity index (χ1n) is 6.59. The molecule has 1 heterocycles. The Morgan fingerprint density at radius 3 is 2.33 bits per heavy atom. The zero-order valence-corrected chi connectivity index (χ0v) is 14.0. The molecule has 6 heteroatoms. The third-order valence-corrected chi connectivity index (χ3v) is 3.34. The molecule has 2 rings (SSSR count). The SMILES string of the molecule is CNc1cc(Nc2ccc(Br)cc2F)nc(C(C)(C)C)n1. The van der Waals surface area contributed by atoms with Crippen molar-refractivity contribution in [2.75, 3.05) is 17.7 Å². The van der Waals surface area contributed by atoms with Gasteiger partial charge in [-0.25, -0.2) is 14.4 Å². The summed E-state index contributed by atoms with van der Waals surface area (Å²) in [5, 5.41) is 6.00. The van der Waals surface area contributed by atoms with Gasteiger partial charge in [0, 0.05) is 23.0 Å². The summed E-state index contributed by atoms with van der Waals surface area (Å²) in [4.78, 5) is 8.91. The molecule has 0 aliphatic heterocycles. The third-order valence-electron chi connectivity index (χ3n) is 2.85. The van der Waals surface area contributed by atoms with Crippen LogP contribution < -0.4 is 10.6 Å². The number of benzene rings is 1. The monoisotopic (exact) mass is 352 g/mol. The molecule has 0 saturated heterocycles. The molecule has 112 valence electrons. The quantitative estimate of drug-likeness (QED) is 0.855. The van der Waals surface area contributed by atoms with E-state index in [1.165, 1.54) is 6.07 Å². The predicted molar refractivity (Wildman–Crippen MR) is 87.7 cm³/mol. The third kappa shape index (κ3) is 3.91. The van der Waals surface area contributed by atoms with E-state index in [9.17, 15) is 4.39 Å². The topological polar surface area (TPSA) is 49.8 Å². The molecule has 0 bridgehead atoms. The molecule has 0 saturated carbocycles. The molecule has 21 heavy (non-hydrogen) atoms. The molecule has 2 N–H and O–H groups in total. The summed E-state index contributed by atoms with van der Waals surface area (Å²) in [6.07, 6.45) is 0. The largest absolute Gasteiger partial charge is 0.373 e. The minimum Gasteiger partial charge on any atom is -0.373 e. The summed E-state index contributed by atoms with van der Waals surface area (Å²) in [6, 6.07) is 6.59. The van der Waals surface area contributed by atoms with E-state index in [-0.39, 0.29) is 11.2 Å². The summed E-state index contributed by atoms with van der Waals surface area (Å²) in [5.41, 5.74) is 0.181. The minimum absolute atomic E-state index is 0.193. The van der Waals surface area contributed by atoms with Crippen molar-refractivity contribution in [2.24, 2.45) is 0 Å². The van der Waals surface area contributed by atoms with Gasteiger partial charge in [-0.3, -0.25) is 0 Å². The van der Waals surface area contributed by atoms with Crippen molar-refractivity contribution in [1.29, 1.82) is 0 Å². The summed E-state index contributed by atoms with van der Waals surface area (Å²) in [6.45, 7) is 6.10. The van der Waals surface area contributed by atoms with Crippen LogP contribution in [0.5, 0.6) is 0 Å². The lowest BCUT2D eigenvalue weighted by atomic mass is 9.96. The molecule has 2 aromatic rings. The summed E-state index contributed by atoms with van der Waals surface area (Å²) < 4.78 is 14.6. The summed E-state index contributed by atoms with van der Waals surface area (Å²) in [7, 11) is 1.79. The zero-order chi connectivity index (χ0) is 15.6. The first-order chi connectivity index (χ1) is 9.79. The molecule has 1 aromatic heterocycles. The maximum Gasteiger partial charge on any atom is 0.147 e. The van der Waals surface area contributed by atoms with Crippen molar-refractivity contribution in [3.63, 3.8) is 0 Å². The van der Waals surface area contributed by atoms with E-state index in [0.717, 1.165) is 0 Å². The van der Waals surface area contributed by atoms with Crippen molar-refractivity contribution in [3.05, 3.63) is 40.4 Å². The highest BCUT2D eigenvalue weighted by molar-refractivity contribution is 9.10. The lowest BCUT2D eigenvalue weighted by molar-refractivity contribution is 0.547. The van der Waals surface area contributed by atoms with Crippen LogP contribution in [-0.4, -0.2) is 17.0 Å². The lowest BCUT2D eigenvalue weighted by Gasteiger charge is -2.19. The molecule has 0 atom stereocenters. The van der Waals surface area contributed by atoms with Gasteiger partial charge < -0.3 is 10.6 Å². The van der Waals surface area contributed by atoms with Crippen LogP contribution in [0.15, 0.2) is 28.7 Å². The van der Waals surface area contributed by atoms with Crippen molar-refractivity contribution < 1.29 is 4.39 Å². The van der Waals surface area contributed by atoms with E-state index < -0.39 is 0 Å². The Hall–Kier alpha value is -1.69. The van der Waals surface area contributed by atoms with Crippen molar-refractivity contribution in [3.8, 4) is 0 Å². The van der Waals surface area contributed by atoms with Crippen LogP contribution in [0, 0.1) is 5.82 Å². The highest BCUT2D eigenvalue weighted by Crippen LogP contribution is 2.26. The second-order valence-electron chi connectivity index (χ2n) is 5.71. The van der Waals surface area contributed by atoms with E-state index >= 15 is 0 Å². The van der Waals surface area contributed by atoms with E-state index in [4.69, 9.17) is 0 Å². The van der Waals surface area contributed by atoms with Crippen LogP contribution in [0.1, 0.15) is 26.6 Å². The number of hydrogen-bond acceptors (Lipinski definition) is 4. The molecular formula is C15H18BrFN4. The fourth-order valence-electron chi connectivity index (χ4n) is 1.70. The van der Waals surface area contributed by atoms with E-state index in [0.29, 0.717) is 27.6 Å². The normalized spacial score (nSPS) is 11.3. The van der Waals surface area contributed by atoms with Gasteiger partial charge in [-0.1, -0.05) is 36.7 Å². The number of hydrogen-bond donors (Lipinski definition) is 2. The van der Waals surface area contributed by atoms with Gasteiger partial charge >= 0.3 is 0 Å². The van der Waals surface area contributed by atoms with Gasteiger partial charge in [-0.05, 0) is 18.2 Å². The van der Waals surface area contributed by atoms with Crippen LogP contribution >= 0.6 is 15.9 Å². The van der Waals surface area contributed by atoms with Crippen LogP contribution in [0.2, 0.25) is 0 Å². The van der Waals surface area contributed by atoms with Gasteiger partial charge in [-0.15, -0.1) is 0 Å². The molecule has 0 amide bonds. The molecule has 0 aliphatic rings. The number of anilines is 3. The molecule has 0 spiro atoms. The fourth-order valence-corrected chi connectivity index (χ4v) is 2.04. The van der Waals surface area contributed by atoms with Gasteiger partial charge in [0.25, 0.3) is 0 Å². The van der Waals surface area contributed by atoms with Crippen molar-refractivity contribution in [2.45, 2.75) is 26.2 Å². The minimum atomic E-state index is -0.341. The number of nitrogens with zero attached hydrogens (tertiary/aromatic N) is 2. The second kappa shape index (κ2) is 5.97. The lowest BCUT2D eigenvalue weighted by Crippen LogP contribution is -2.17. The summed E-state index contributed by atoms with van der Waals surface area (Å²) >= 11 is 3.24. The Kier molecular flexibility index (Phi) is 4.46. The van der Waals surface area contributed by atoms with Crippen LogP contribution in [0.4, 0.5) is 21.7 Å². The van der Waals surface area contributed by atoms with Crippen LogP contribution in [-0.2, 0) is 5.41 Å². The maximum absolute atomic E-state index is 13.9. The molecule has 1 aromatic carbocycles. The molecular weight excluding hydrogens is 335 g/mol. The maximum atomic E-state index is 13.9. The van der Waals surface area contributed by atoms with E-state index in [1.807, 2.05) is 20.8 Å². The number of nitrogens with one attached hydrogen (secondary N) is 2. The van der Waals surface area contributed by atoms with Crippen LogP contribution in [0.25, 0.3) is 0 Å². The van der Waals surface area contributed by atoms with Gasteiger partial charge in [0.05, 0.1) is 5.69 Å². The summed E-state index contributed by atoms with van der Waals surface area (Å²) in [5.74, 6) is 1.59. The molecule has 0 unspecified atom stereocenters. The highest BCUT2D eigenvalue weighted by Gasteiger charge is 2.19. The smallest absolute Gasteiger partial charge is 0.147 e.